The quantitative estimate of drug-likeness (QED) is 0.695. The molecule has 1 aliphatic heterocycles. The second-order valence-electron chi connectivity index (χ2n) is 4.33. The summed E-state index contributed by atoms with van der Waals surface area (Å²) in [5.74, 6) is 0.701. The summed E-state index contributed by atoms with van der Waals surface area (Å²) in [7, 11) is 0. The summed E-state index contributed by atoms with van der Waals surface area (Å²) in [4.78, 5) is 14.6. The van der Waals surface area contributed by atoms with Crippen molar-refractivity contribution in [3.8, 4) is 0 Å². The van der Waals surface area contributed by atoms with Crippen LogP contribution in [0.15, 0.2) is 11.8 Å². The third-order valence-corrected chi connectivity index (χ3v) is 3.57. The third kappa shape index (κ3) is 2.29. The molecular weight excluding hydrogens is 202 g/mol. The molecule has 0 fully saturated rings. The first-order valence-corrected chi connectivity index (χ1v) is 6.22. The van der Waals surface area contributed by atoms with E-state index in [1.807, 2.05) is 13.0 Å². The van der Waals surface area contributed by atoms with E-state index in [0.29, 0.717) is 12.4 Å². The molecule has 3 heteroatoms. The van der Waals surface area contributed by atoms with Gasteiger partial charge in [-0.3, -0.25) is 9.69 Å². The molecule has 0 spiro atoms. The van der Waals surface area contributed by atoms with Crippen molar-refractivity contribution in [1.29, 1.82) is 0 Å². The van der Waals surface area contributed by atoms with E-state index >= 15 is 0 Å². The molecule has 1 atom stereocenters. The summed E-state index contributed by atoms with van der Waals surface area (Å²) < 4.78 is 5.39. The molecule has 92 valence electrons. The molecule has 1 heterocycles. The van der Waals surface area contributed by atoms with Crippen molar-refractivity contribution >= 4 is 5.78 Å². The van der Waals surface area contributed by atoms with Crippen LogP contribution in [-0.4, -0.2) is 35.9 Å². The number of ketones is 1. The van der Waals surface area contributed by atoms with Crippen molar-refractivity contribution in [3.63, 3.8) is 0 Å². The number of carbonyl (C=O) groups is 1. The lowest BCUT2D eigenvalue weighted by Gasteiger charge is -2.38. The largest absolute Gasteiger partial charge is 0.490 e. The molecule has 16 heavy (non-hydrogen) atoms. The molecule has 0 aromatic carbocycles. The van der Waals surface area contributed by atoms with Gasteiger partial charge in [-0.15, -0.1) is 0 Å². The van der Waals surface area contributed by atoms with Gasteiger partial charge in [-0.1, -0.05) is 20.8 Å². The molecule has 0 N–H and O–H groups in total. The van der Waals surface area contributed by atoms with Crippen LogP contribution in [-0.2, 0) is 9.53 Å². The van der Waals surface area contributed by atoms with Gasteiger partial charge in [0.15, 0.2) is 5.76 Å². The van der Waals surface area contributed by atoms with Crippen LogP contribution < -0.4 is 0 Å². The Morgan fingerprint density at radius 2 is 2.06 bits per heavy atom. The molecule has 1 aliphatic rings. The minimum absolute atomic E-state index is 0.135. The second kappa shape index (κ2) is 5.48. The Labute approximate surface area is 98.5 Å². The maximum atomic E-state index is 12.4. The molecule has 0 aromatic heterocycles. The van der Waals surface area contributed by atoms with E-state index in [-0.39, 0.29) is 5.78 Å². The topological polar surface area (TPSA) is 29.5 Å². The molecule has 0 amide bonds. The van der Waals surface area contributed by atoms with Crippen LogP contribution in [0.5, 0.6) is 0 Å². The van der Waals surface area contributed by atoms with Crippen LogP contribution in [0.4, 0.5) is 0 Å². The van der Waals surface area contributed by atoms with Crippen LogP contribution >= 0.6 is 0 Å². The van der Waals surface area contributed by atoms with Gasteiger partial charge in [-0.25, -0.2) is 0 Å². The van der Waals surface area contributed by atoms with E-state index in [2.05, 4.69) is 25.7 Å². The minimum atomic E-state index is -0.417. The maximum Gasteiger partial charge on any atom is 0.216 e. The zero-order valence-electron chi connectivity index (χ0n) is 10.9. The predicted octanol–water partition coefficient (Wildman–Crippen LogP) is 2.37. The Hall–Kier alpha value is -0.830. The number of ether oxygens (including phenoxy) is 1. The first kappa shape index (κ1) is 13.2. The zero-order chi connectivity index (χ0) is 12.2. The Morgan fingerprint density at radius 1 is 1.44 bits per heavy atom. The molecule has 1 rings (SSSR count). The first-order valence-electron chi connectivity index (χ1n) is 6.22. The number of hydrogen-bond donors (Lipinski definition) is 0. The van der Waals surface area contributed by atoms with E-state index in [1.54, 1.807) is 0 Å². The standard InChI is InChI=1S/C13H23NO2/c1-5-13(4,14(6-2)7-3)12(15)11-9-8-10-16-11/h9H,5-8,10H2,1-4H3. The summed E-state index contributed by atoms with van der Waals surface area (Å²) in [6.07, 6.45) is 3.59. The van der Waals surface area contributed by atoms with Gasteiger partial charge in [-0.05, 0) is 32.5 Å². The van der Waals surface area contributed by atoms with E-state index in [4.69, 9.17) is 4.74 Å². The van der Waals surface area contributed by atoms with E-state index in [0.717, 1.165) is 25.9 Å². The molecule has 0 aromatic rings. The SMILES string of the molecule is CCN(CC)C(C)(CC)C(=O)C1=CCCO1. The number of Topliss-reactive ketones (excluding diaryl/α,β-unsaturated/α-hetero) is 1. The van der Waals surface area contributed by atoms with Gasteiger partial charge < -0.3 is 4.74 Å². The smallest absolute Gasteiger partial charge is 0.216 e. The van der Waals surface area contributed by atoms with Crippen LogP contribution in [0.3, 0.4) is 0 Å². The van der Waals surface area contributed by atoms with Crippen LogP contribution in [0, 0.1) is 0 Å². The Bertz CT molecular complexity index is 282. The second-order valence-corrected chi connectivity index (χ2v) is 4.33. The van der Waals surface area contributed by atoms with Crippen LogP contribution in [0.1, 0.15) is 40.5 Å². The third-order valence-electron chi connectivity index (χ3n) is 3.57. The van der Waals surface area contributed by atoms with Crippen molar-refractivity contribution in [2.24, 2.45) is 0 Å². The highest BCUT2D eigenvalue weighted by molar-refractivity contribution is 6.01. The number of hydrogen-bond acceptors (Lipinski definition) is 3. The highest BCUT2D eigenvalue weighted by Crippen LogP contribution is 2.26. The fraction of sp³-hybridized carbons (Fsp3) is 0.769. The molecule has 0 aliphatic carbocycles. The first-order chi connectivity index (χ1) is 7.60. The molecule has 0 saturated heterocycles. The fourth-order valence-corrected chi connectivity index (χ4v) is 2.29. The number of rotatable bonds is 6. The van der Waals surface area contributed by atoms with Crippen LogP contribution in [0.2, 0.25) is 0 Å². The van der Waals surface area contributed by atoms with Gasteiger partial charge >= 0.3 is 0 Å². The molecule has 0 bridgehead atoms. The van der Waals surface area contributed by atoms with Gasteiger partial charge in [-0.2, -0.15) is 0 Å². The summed E-state index contributed by atoms with van der Waals surface area (Å²) in [6, 6.07) is 0. The van der Waals surface area contributed by atoms with Gasteiger partial charge in [0.05, 0.1) is 12.1 Å². The summed E-state index contributed by atoms with van der Waals surface area (Å²) in [5, 5.41) is 0. The Kier molecular flexibility index (Phi) is 4.54. The summed E-state index contributed by atoms with van der Waals surface area (Å²) in [5.41, 5.74) is -0.417. The molecular formula is C13H23NO2. The van der Waals surface area contributed by atoms with E-state index in [9.17, 15) is 4.79 Å². The Balaban J connectivity index is 2.89. The van der Waals surface area contributed by atoms with Crippen molar-refractivity contribution < 1.29 is 9.53 Å². The molecule has 1 unspecified atom stereocenters. The van der Waals surface area contributed by atoms with Gasteiger partial charge in [0.1, 0.15) is 0 Å². The lowest BCUT2D eigenvalue weighted by Crippen LogP contribution is -2.52. The van der Waals surface area contributed by atoms with Crippen molar-refractivity contribution in [1.82, 2.24) is 4.90 Å². The van der Waals surface area contributed by atoms with Crippen molar-refractivity contribution in [2.45, 2.75) is 46.1 Å². The molecule has 0 radical (unpaired) electrons. The predicted molar refractivity (Wildman–Crippen MR) is 65.3 cm³/mol. The lowest BCUT2D eigenvalue weighted by molar-refractivity contribution is -0.129. The average molecular weight is 225 g/mol. The van der Waals surface area contributed by atoms with Crippen molar-refractivity contribution in [2.75, 3.05) is 19.7 Å². The highest BCUT2D eigenvalue weighted by atomic mass is 16.5. The van der Waals surface area contributed by atoms with Gasteiger partial charge in [0.2, 0.25) is 5.78 Å². The van der Waals surface area contributed by atoms with Crippen molar-refractivity contribution in [3.05, 3.63) is 11.8 Å². The molecule has 3 nitrogen and oxygen atoms in total. The van der Waals surface area contributed by atoms with Crippen LogP contribution in [0.25, 0.3) is 0 Å². The van der Waals surface area contributed by atoms with E-state index in [1.165, 1.54) is 0 Å². The number of carbonyl (C=O) groups excluding carboxylic acids is 1. The summed E-state index contributed by atoms with van der Waals surface area (Å²) in [6.45, 7) is 10.7. The highest BCUT2D eigenvalue weighted by Gasteiger charge is 2.39. The monoisotopic (exact) mass is 225 g/mol. The maximum absolute atomic E-state index is 12.4. The molecule has 0 saturated carbocycles. The van der Waals surface area contributed by atoms with Gasteiger partial charge in [0.25, 0.3) is 0 Å². The average Bonchev–Trinajstić information content (AvgIpc) is 2.82. The minimum Gasteiger partial charge on any atom is -0.490 e. The van der Waals surface area contributed by atoms with Gasteiger partial charge in [0, 0.05) is 6.42 Å². The fourth-order valence-electron chi connectivity index (χ4n) is 2.29. The summed E-state index contributed by atoms with van der Waals surface area (Å²) >= 11 is 0. The number of likely N-dealkylation sites (N-methyl/N-ethyl adjacent to an activating group) is 1. The number of nitrogens with zero attached hydrogens (tertiary/aromatic N) is 1. The lowest BCUT2D eigenvalue weighted by atomic mass is 9.89. The zero-order valence-corrected chi connectivity index (χ0v) is 10.9. The normalized spacial score (nSPS) is 19.2. The Morgan fingerprint density at radius 3 is 2.44 bits per heavy atom. The van der Waals surface area contributed by atoms with E-state index < -0.39 is 5.54 Å².